The van der Waals surface area contributed by atoms with Crippen LogP contribution >= 0.6 is 0 Å². The third-order valence-corrected chi connectivity index (χ3v) is 6.55. The Morgan fingerprint density at radius 3 is 2.59 bits per heavy atom. The van der Waals surface area contributed by atoms with Crippen LogP contribution in [0.3, 0.4) is 0 Å². The fourth-order valence-corrected chi connectivity index (χ4v) is 4.78. The van der Waals surface area contributed by atoms with Crippen molar-refractivity contribution in [2.75, 3.05) is 13.1 Å². The number of piperidine rings is 1. The van der Waals surface area contributed by atoms with Crippen molar-refractivity contribution in [3.63, 3.8) is 0 Å². The van der Waals surface area contributed by atoms with E-state index in [0.717, 1.165) is 12.1 Å². The monoisotopic (exact) mass is 453 g/mol. The first-order valence-electron chi connectivity index (χ1n) is 10.1. The maximum absolute atomic E-state index is 13.1. The van der Waals surface area contributed by atoms with Gasteiger partial charge in [0.1, 0.15) is 17.6 Å². The largest absolute Gasteiger partial charge is 0.490 e. The van der Waals surface area contributed by atoms with Crippen LogP contribution in [0, 0.1) is 11.3 Å². The second-order valence-electron chi connectivity index (χ2n) is 8.37. The summed E-state index contributed by atoms with van der Waals surface area (Å²) in [6.45, 7) is 0.732. The van der Waals surface area contributed by atoms with E-state index in [9.17, 15) is 27.9 Å². The van der Waals surface area contributed by atoms with Gasteiger partial charge in [0, 0.05) is 31.5 Å². The zero-order chi connectivity index (χ0) is 23.1. The van der Waals surface area contributed by atoms with Gasteiger partial charge in [-0.05, 0) is 42.9 Å². The van der Waals surface area contributed by atoms with Crippen LogP contribution in [0.4, 0.5) is 18.0 Å². The number of likely N-dealkylation sites (tertiary alicyclic amines) is 1. The van der Waals surface area contributed by atoms with E-state index >= 15 is 0 Å². The molecule has 1 saturated carbocycles. The summed E-state index contributed by atoms with van der Waals surface area (Å²) in [5.41, 5.74) is 4.18. The fraction of sp³-hybridized carbons (Fsp3) is 0.476. The first-order chi connectivity index (χ1) is 15.1. The Bertz CT molecular complexity index is 1010. The van der Waals surface area contributed by atoms with Crippen LogP contribution < -0.4 is 10.5 Å². The molecule has 32 heavy (non-hydrogen) atoms. The van der Waals surface area contributed by atoms with E-state index in [1.165, 1.54) is 23.1 Å². The number of primary amides is 1. The van der Waals surface area contributed by atoms with E-state index < -0.39 is 29.8 Å². The second-order valence-corrected chi connectivity index (χ2v) is 8.37. The highest BCUT2D eigenvalue weighted by Crippen LogP contribution is 2.56. The van der Waals surface area contributed by atoms with Crippen molar-refractivity contribution in [1.82, 2.24) is 10.1 Å². The van der Waals surface area contributed by atoms with Gasteiger partial charge >= 0.3 is 12.3 Å². The number of carbonyl (C=O) groups excluding carboxylic acids is 1. The number of halogens is 3. The first-order valence-corrected chi connectivity index (χ1v) is 10.1. The van der Waals surface area contributed by atoms with Crippen molar-refractivity contribution in [3.8, 4) is 5.75 Å². The summed E-state index contributed by atoms with van der Waals surface area (Å²) < 4.78 is 50.3. The number of carboxylic acid groups (broad SMARTS) is 1. The van der Waals surface area contributed by atoms with Gasteiger partial charge < -0.3 is 25.0 Å². The lowest BCUT2D eigenvalue weighted by atomic mass is 9.52. The maximum atomic E-state index is 13.1. The minimum absolute atomic E-state index is 0.00980. The van der Waals surface area contributed by atoms with Crippen molar-refractivity contribution in [2.45, 2.75) is 38.0 Å². The molecule has 2 aliphatic rings. The number of rotatable bonds is 5. The lowest BCUT2D eigenvalue weighted by Crippen LogP contribution is -2.59. The molecule has 2 heterocycles. The maximum Gasteiger partial charge on any atom is 0.416 e. The molecule has 2 atom stereocenters. The molecule has 11 heteroatoms. The normalized spacial score (nSPS) is 22.4. The molecule has 4 rings (SSSR count). The van der Waals surface area contributed by atoms with Crippen molar-refractivity contribution in [1.29, 1.82) is 0 Å². The Labute approximate surface area is 181 Å². The Morgan fingerprint density at radius 2 is 2.00 bits per heavy atom. The molecular weight excluding hydrogens is 431 g/mol. The Morgan fingerprint density at radius 1 is 1.28 bits per heavy atom. The SMILES string of the molecule is NC(=O)c1cc(CC2C(Oc3cccc(C(F)(F)F)c3)CC23CCN(C(=O)O)CC3)on1. The molecule has 0 radical (unpaired) electrons. The second kappa shape index (κ2) is 8.03. The van der Waals surface area contributed by atoms with Crippen LogP contribution in [0.2, 0.25) is 0 Å². The van der Waals surface area contributed by atoms with Crippen LogP contribution in [-0.4, -0.2) is 46.4 Å². The predicted octanol–water partition coefficient (Wildman–Crippen LogP) is 3.56. The lowest BCUT2D eigenvalue weighted by molar-refractivity contribution is -0.138. The molecular formula is C21H22F3N3O5. The number of alkyl halides is 3. The van der Waals surface area contributed by atoms with E-state index in [1.807, 2.05) is 0 Å². The molecule has 1 aromatic carbocycles. The molecule has 172 valence electrons. The van der Waals surface area contributed by atoms with Gasteiger partial charge in [-0.25, -0.2) is 4.79 Å². The summed E-state index contributed by atoms with van der Waals surface area (Å²) in [7, 11) is 0. The minimum Gasteiger partial charge on any atom is -0.490 e. The van der Waals surface area contributed by atoms with Gasteiger partial charge in [-0.2, -0.15) is 13.2 Å². The van der Waals surface area contributed by atoms with Gasteiger partial charge in [0.2, 0.25) is 0 Å². The number of amides is 2. The highest BCUT2D eigenvalue weighted by Gasteiger charge is 2.56. The summed E-state index contributed by atoms with van der Waals surface area (Å²) in [5, 5.41) is 12.9. The summed E-state index contributed by atoms with van der Waals surface area (Å²) in [6, 6.07) is 6.16. The van der Waals surface area contributed by atoms with Crippen molar-refractivity contribution in [3.05, 3.63) is 47.3 Å². The predicted molar refractivity (Wildman–Crippen MR) is 104 cm³/mol. The number of nitrogens with two attached hydrogens (primary N) is 1. The van der Waals surface area contributed by atoms with Crippen molar-refractivity contribution >= 4 is 12.0 Å². The molecule has 1 saturated heterocycles. The van der Waals surface area contributed by atoms with Crippen LogP contribution in [0.1, 0.15) is 41.1 Å². The summed E-state index contributed by atoms with van der Waals surface area (Å²) in [4.78, 5) is 23.9. The Hall–Kier alpha value is -3.24. The molecule has 1 aromatic heterocycles. The lowest BCUT2D eigenvalue weighted by Gasteiger charge is -2.57. The summed E-state index contributed by atoms with van der Waals surface area (Å²) in [5.74, 6) is -0.347. The number of ether oxygens (including phenoxy) is 1. The van der Waals surface area contributed by atoms with Crippen molar-refractivity contribution in [2.24, 2.45) is 17.1 Å². The average molecular weight is 453 g/mol. The molecule has 8 nitrogen and oxygen atoms in total. The number of aromatic nitrogens is 1. The van der Waals surface area contributed by atoms with Crippen LogP contribution in [0.25, 0.3) is 0 Å². The topological polar surface area (TPSA) is 119 Å². The smallest absolute Gasteiger partial charge is 0.416 e. The van der Waals surface area contributed by atoms with E-state index in [4.69, 9.17) is 15.0 Å². The quantitative estimate of drug-likeness (QED) is 0.715. The van der Waals surface area contributed by atoms with Crippen LogP contribution in [0.5, 0.6) is 5.75 Å². The zero-order valence-corrected chi connectivity index (χ0v) is 17.0. The zero-order valence-electron chi connectivity index (χ0n) is 17.0. The first kappa shape index (κ1) is 22.0. The van der Waals surface area contributed by atoms with Gasteiger partial charge in [-0.15, -0.1) is 0 Å². The minimum atomic E-state index is -4.48. The van der Waals surface area contributed by atoms with E-state index in [1.54, 1.807) is 0 Å². The summed E-state index contributed by atoms with van der Waals surface area (Å²) in [6.07, 6.45) is -3.72. The number of carbonyl (C=O) groups is 2. The molecule has 1 spiro atoms. The van der Waals surface area contributed by atoms with Gasteiger partial charge in [0.15, 0.2) is 5.69 Å². The molecule has 3 N–H and O–H groups in total. The Kier molecular flexibility index (Phi) is 5.51. The fourth-order valence-electron chi connectivity index (χ4n) is 4.78. The standard InChI is InChI=1S/C21H22F3N3O5/c22-21(23,24)12-2-1-3-13(8-12)31-17-11-20(4-6-27(7-5-20)19(29)30)15(17)9-14-10-16(18(25)28)26-32-14/h1-3,8,10,15,17H,4-7,9,11H2,(H2,25,28)(H,29,30). The third-order valence-electron chi connectivity index (χ3n) is 6.55. The molecule has 1 aliphatic carbocycles. The van der Waals surface area contributed by atoms with Gasteiger partial charge in [0.25, 0.3) is 5.91 Å². The molecule has 2 aromatic rings. The van der Waals surface area contributed by atoms with Crippen LogP contribution in [0.15, 0.2) is 34.9 Å². The van der Waals surface area contributed by atoms with Crippen LogP contribution in [-0.2, 0) is 12.6 Å². The number of nitrogens with zero attached hydrogens (tertiary/aromatic N) is 2. The number of hydrogen-bond acceptors (Lipinski definition) is 5. The molecule has 2 unspecified atom stereocenters. The van der Waals surface area contributed by atoms with E-state index in [0.29, 0.717) is 44.5 Å². The van der Waals surface area contributed by atoms with Gasteiger partial charge in [0.05, 0.1) is 5.56 Å². The van der Waals surface area contributed by atoms with Gasteiger partial charge in [-0.3, -0.25) is 4.79 Å². The summed E-state index contributed by atoms with van der Waals surface area (Å²) >= 11 is 0. The molecule has 0 bridgehead atoms. The Balaban J connectivity index is 1.54. The molecule has 2 amide bonds. The third kappa shape index (κ3) is 4.23. The van der Waals surface area contributed by atoms with E-state index in [2.05, 4.69) is 5.16 Å². The highest BCUT2D eigenvalue weighted by molar-refractivity contribution is 5.90. The number of hydrogen-bond donors (Lipinski definition) is 2. The van der Waals surface area contributed by atoms with Crippen molar-refractivity contribution < 1.29 is 37.1 Å². The average Bonchev–Trinajstić information content (AvgIpc) is 3.21. The molecule has 2 fully saturated rings. The van der Waals surface area contributed by atoms with Gasteiger partial charge in [-0.1, -0.05) is 11.2 Å². The highest BCUT2D eigenvalue weighted by atomic mass is 19.4. The van der Waals surface area contributed by atoms with E-state index in [-0.39, 0.29) is 22.8 Å². The number of benzene rings is 1. The molecule has 1 aliphatic heterocycles.